The average molecular weight is 391 g/mol. The Morgan fingerprint density at radius 3 is 2.59 bits per heavy atom. The van der Waals surface area contributed by atoms with E-state index >= 15 is 0 Å². The van der Waals surface area contributed by atoms with Crippen molar-refractivity contribution in [3.63, 3.8) is 0 Å². The van der Waals surface area contributed by atoms with E-state index < -0.39 is 11.2 Å². The molecule has 2 heterocycles. The molecular weight excluding hydrogens is 372 g/mol. The van der Waals surface area contributed by atoms with Crippen molar-refractivity contribution < 1.29 is 4.74 Å². The molecule has 0 atom stereocenters. The first-order valence-corrected chi connectivity index (χ1v) is 8.51. The summed E-state index contributed by atoms with van der Waals surface area (Å²) in [4.78, 5) is 29.1. The summed E-state index contributed by atoms with van der Waals surface area (Å²) in [6, 6.07) is 7.16. The number of halogens is 1. The van der Waals surface area contributed by atoms with Gasteiger partial charge < -0.3 is 9.30 Å². The second-order valence-corrected chi connectivity index (χ2v) is 6.32. The van der Waals surface area contributed by atoms with Gasteiger partial charge in [-0.1, -0.05) is 23.7 Å². The number of benzene rings is 1. The molecule has 0 aliphatic carbocycles. The van der Waals surface area contributed by atoms with Crippen LogP contribution in [-0.4, -0.2) is 38.6 Å². The molecule has 0 fully saturated rings. The number of hydrogen-bond acceptors (Lipinski definition) is 6. The minimum Gasteiger partial charge on any atom is -0.383 e. The summed E-state index contributed by atoms with van der Waals surface area (Å²) in [5.74, 6) is 0.338. The van der Waals surface area contributed by atoms with Crippen molar-refractivity contribution in [2.24, 2.45) is 19.2 Å². The van der Waals surface area contributed by atoms with E-state index in [0.29, 0.717) is 29.6 Å². The maximum atomic E-state index is 12.6. The lowest BCUT2D eigenvalue weighted by atomic mass is 10.2. The minimum atomic E-state index is -0.444. The zero-order chi connectivity index (χ0) is 19.6. The Bertz CT molecular complexity index is 1110. The van der Waals surface area contributed by atoms with Crippen LogP contribution in [0.1, 0.15) is 5.56 Å². The number of anilines is 1. The van der Waals surface area contributed by atoms with Gasteiger partial charge in [0.15, 0.2) is 11.2 Å². The molecule has 142 valence electrons. The Kier molecular flexibility index (Phi) is 5.43. The van der Waals surface area contributed by atoms with Gasteiger partial charge in [-0.25, -0.2) is 10.2 Å². The van der Waals surface area contributed by atoms with Crippen LogP contribution in [0.4, 0.5) is 5.95 Å². The summed E-state index contributed by atoms with van der Waals surface area (Å²) in [7, 11) is 4.57. The van der Waals surface area contributed by atoms with E-state index in [1.807, 2.05) is 12.1 Å². The summed E-state index contributed by atoms with van der Waals surface area (Å²) in [5.41, 5.74) is 3.40. The quantitative estimate of drug-likeness (QED) is 0.503. The van der Waals surface area contributed by atoms with Crippen molar-refractivity contribution in [2.45, 2.75) is 6.54 Å². The van der Waals surface area contributed by atoms with Gasteiger partial charge in [-0.15, -0.1) is 0 Å². The van der Waals surface area contributed by atoms with Gasteiger partial charge in [-0.3, -0.25) is 13.9 Å². The molecule has 1 N–H and O–H groups in total. The number of aryl methyl sites for hydroxylation is 1. The summed E-state index contributed by atoms with van der Waals surface area (Å²) in [6.07, 6.45) is 1.60. The molecule has 10 heteroatoms. The maximum absolute atomic E-state index is 12.6. The first kappa shape index (κ1) is 18.9. The molecule has 0 bridgehead atoms. The molecule has 9 nitrogen and oxygen atoms in total. The van der Waals surface area contributed by atoms with Crippen LogP contribution in [0.15, 0.2) is 39.0 Å². The summed E-state index contributed by atoms with van der Waals surface area (Å²) in [6.45, 7) is 0.742. The standard InChI is InChI=1S/C17H19ClN6O3/c1-22-14-13(15(25)23(2)17(22)26)24(8-9-27-3)16(20-14)21-19-10-11-4-6-12(18)7-5-11/h4-7,10H,8-9H2,1-3H3,(H,20,21)/b19-10+. The van der Waals surface area contributed by atoms with E-state index in [2.05, 4.69) is 15.5 Å². The highest BCUT2D eigenvalue weighted by Gasteiger charge is 2.18. The predicted octanol–water partition coefficient (Wildman–Crippen LogP) is 1.18. The van der Waals surface area contributed by atoms with Crippen LogP contribution in [0, 0.1) is 0 Å². The van der Waals surface area contributed by atoms with Crippen LogP contribution < -0.4 is 16.7 Å². The van der Waals surface area contributed by atoms with Crippen molar-refractivity contribution in [1.29, 1.82) is 0 Å². The number of imidazole rings is 1. The Morgan fingerprint density at radius 1 is 1.22 bits per heavy atom. The molecule has 0 radical (unpaired) electrons. The number of aromatic nitrogens is 4. The second kappa shape index (κ2) is 7.77. The molecule has 0 amide bonds. The van der Waals surface area contributed by atoms with Gasteiger partial charge in [0.1, 0.15) is 0 Å². The van der Waals surface area contributed by atoms with E-state index in [0.717, 1.165) is 10.1 Å². The molecule has 1 aromatic carbocycles. The van der Waals surface area contributed by atoms with E-state index in [-0.39, 0.29) is 5.65 Å². The van der Waals surface area contributed by atoms with Crippen LogP contribution >= 0.6 is 11.6 Å². The number of nitrogens with one attached hydrogen (secondary N) is 1. The number of fused-ring (bicyclic) bond motifs is 1. The second-order valence-electron chi connectivity index (χ2n) is 5.88. The maximum Gasteiger partial charge on any atom is 0.332 e. The summed E-state index contributed by atoms with van der Waals surface area (Å²) < 4.78 is 9.15. The first-order valence-electron chi connectivity index (χ1n) is 8.14. The fraction of sp³-hybridized carbons (Fsp3) is 0.294. The topological polar surface area (TPSA) is 95.4 Å². The molecule has 0 unspecified atom stereocenters. The predicted molar refractivity (Wildman–Crippen MR) is 105 cm³/mol. The highest BCUT2D eigenvalue weighted by Crippen LogP contribution is 2.15. The highest BCUT2D eigenvalue weighted by molar-refractivity contribution is 6.30. The Balaban J connectivity index is 2.04. The van der Waals surface area contributed by atoms with E-state index in [1.165, 1.54) is 11.6 Å². The smallest absolute Gasteiger partial charge is 0.332 e. The zero-order valence-electron chi connectivity index (χ0n) is 15.1. The molecule has 2 aromatic heterocycles. The number of ether oxygens (including phenoxy) is 1. The Morgan fingerprint density at radius 2 is 1.93 bits per heavy atom. The monoisotopic (exact) mass is 390 g/mol. The fourth-order valence-electron chi connectivity index (χ4n) is 2.65. The van der Waals surface area contributed by atoms with Gasteiger partial charge >= 0.3 is 5.69 Å². The van der Waals surface area contributed by atoms with Crippen molar-refractivity contribution in [1.82, 2.24) is 18.7 Å². The van der Waals surface area contributed by atoms with Crippen LogP contribution in [0.25, 0.3) is 11.2 Å². The van der Waals surface area contributed by atoms with Crippen molar-refractivity contribution in [2.75, 3.05) is 19.1 Å². The largest absolute Gasteiger partial charge is 0.383 e. The van der Waals surface area contributed by atoms with Gasteiger partial charge in [-0.05, 0) is 17.7 Å². The van der Waals surface area contributed by atoms with Gasteiger partial charge in [0.25, 0.3) is 5.56 Å². The molecule has 0 saturated heterocycles. The Hall–Kier alpha value is -2.91. The third-order valence-corrected chi connectivity index (χ3v) is 4.37. The van der Waals surface area contributed by atoms with Crippen LogP contribution in [0.2, 0.25) is 5.02 Å². The number of nitrogens with zero attached hydrogens (tertiary/aromatic N) is 5. The first-order chi connectivity index (χ1) is 12.9. The molecule has 0 saturated carbocycles. The van der Waals surface area contributed by atoms with Gasteiger partial charge in [0.2, 0.25) is 5.95 Å². The molecule has 27 heavy (non-hydrogen) atoms. The third-order valence-electron chi connectivity index (χ3n) is 4.12. The average Bonchev–Trinajstić information content (AvgIpc) is 3.03. The third kappa shape index (κ3) is 3.64. The lowest BCUT2D eigenvalue weighted by molar-refractivity contribution is 0.188. The number of methoxy groups -OCH3 is 1. The molecule has 0 spiro atoms. The number of hydrogen-bond donors (Lipinski definition) is 1. The lowest BCUT2D eigenvalue weighted by Gasteiger charge is -2.08. The molecule has 3 aromatic rings. The lowest BCUT2D eigenvalue weighted by Crippen LogP contribution is -2.37. The molecular formula is C17H19ClN6O3. The summed E-state index contributed by atoms with van der Waals surface area (Å²) in [5, 5.41) is 4.81. The molecule has 0 aliphatic heterocycles. The highest BCUT2D eigenvalue weighted by atomic mass is 35.5. The minimum absolute atomic E-state index is 0.281. The number of hydrazone groups is 1. The van der Waals surface area contributed by atoms with E-state index in [9.17, 15) is 9.59 Å². The van der Waals surface area contributed by atoms with Crippen LogP contribution in [0.5, 0.6) is 0 Å². The van der Waals surface area contributed by atoms with Crippen molar-refractivity contribution >= 4 is 34.9 Å². The zero-order valence-corrected chi connectivity index (χ0v) is 15.9. The molecule has 0 aliphatic rings. The summed E-state index contributed by atoms with van der Waals surface area (Å²) >= 11 is 5.87. The Labute approximate surface area is 159 Å². The number of rotatable bonds is 6. The van der Waals surface area contributed by atoms with Crippen molar-refractivity contribution in [3.05, 3.63) is 55.7 Å². The van der Waals surface area contributed by atoms with E-state index in [1.54, 1.807) is 37.1 Å². The SMILES string of the molecule is COCCn1c(N/N=C/c2ccc(Cl)cc2)nc2c1c(=O)n(C)c(=O)n2C. The van der Waals surface area contributed by atoms with Crippen LogP contribution in [-0.2, 0) is 25.4 Å². The molecule has 3 rings (SSSR count). The van der Waals surface area contributed by atoms with Crippen LogP contribution in [0.3, 0.4) is 0 Å². The van der Waals surface area contributed by atoms with Crippen molar-refractivity contribution in [3.8, 4) is 0 Å². The van der Waals surface area contributed by atoms with Gasteiger partial charge in [0, 0.05) is 32.8 Å². The fourth-order valence-corrected chi connectivity index (χ4v) is 2.77. The normalized spacial score (nSPS) is 11.6. The van der Waals surface area contributed by atoms with Gasteiger partial charge in [0.05, 0.1) is 12.8 Å². The van der Waals surface area contributed by atoms with E-state index in [4.69, 9.17) is 16.3 Å². The van der Waals surface area contributed by atoms with Gasteiger partial charge in [-0.2, -0.15) is 10.1 Å².